The van der Waals surface area contributed by atoms with Gasteiger partial charge < -0.3 is 5.32 Å². The minimum absolute atomic E-state index is 0.421. The molecule has 1 heteroatoms. The van der Waals surface area contributed by atoms with Gasteiger partial charge in [-0.3, -0.25) is 0 Å². The number of benzene rings is 2. The second kappa shape index (κ2) is 5.80. The molecule has 2 atom stereocenters. The van der Waals surface area contributed by atoms with Crippen LogP contribution in [0.4, 0.5) is 0 Å². The summed E-state index contributed by atoms with van der Waals surface area (Å²) < 4.78 is 0. The molecule has 1 aliphatic carbocycles. The molecule has 1 nitrogen and oxygen atoms in total. The zero-order valence-corrected chi connectivity index (χ0v) is 12.4. The smallest absolute Gasteiger partial charge is 0.0294 e. The summed E-state index contributed by atoms with van der Waals surface area (Å²) in [4.78, 5) is 0. The van der Waals surface area contributed by atoms with Crippen LogP contribution in [0.15, 0.2) is 48.5 Å². The Labute approximate surface area is 122 Å². The molecular weight excluding hydrogens is 242 g/mol. The van der Waals surface area contributed by atoms with Crippen LogP contribution in [-0.4, -0.2) is 6.04 Å². The highest BCUT2D eigenvalue weighted by molar-refractivity contribution is 5.31. The molecule has 1 aliphatic rings. The van der Waals surface area contributed by atoms with Crippen molar-refractivity contribution in [3.05, 3.63) is 70.8 Å². The topological polar surface area (TPSA) is 12.0 Å². The van der Waals surface area contributed by atoms with Gasteiger partial charge in [0.05, 0.1) is 0 Å². The number of fused-ring (bicyclic) bond motifs is 1. The first-order valence-corrected chi connectivity index (χ1v) is 7.62. The van der Waals surface area contributed by atoms with Gasteiger partial charge in [-0.1, -0.05) is 54.1 Å². The quantitative estimate of drug-likeness (QED) is 0.877. The molecule has 0 saturated carbocycles. The summed E-state index contributed by atoms with van der Waals surface area (Å²) in [6.45, 7) is 4.43. The molecule has 2 aromatic rings. The summed E-state index contributed by atoms with van der Waals surface area (Å²) >= 11 is 0. The fourth-order valence-electron chi connectivity index (χ4n) is 3.23. The number of rotatable bonds is 3. The van der Waals surface area contributed by atoms with E-state index in [2.05, 4.69) is 67.7 Å². The molecule has 0 radical (unpaired) electrons. The van der Waals surface area contributed by atoms with E-state index >= 15 is 0 Å². The summed E-state index contributed by atoms with van der Waals surface area (Å²) in [7, 11) is 0. The Bertz CT molecular complexity index is 588. The van der Waals surface area contributed by atoms with Crippen molar-refractivity contribution >= 4 is 0 Å². The monoisotopic (exact) mass is 265 g/mol. The predicted octanol–water partition coefficient (Wildman–Crippen LogP) is 4.20. The van der Waals surface area contributed by atoms with Gasteiger partial charge in [-0.25, -0.2) is 0 Å². The normalized spacial score (nSPS) is 19.4. The Hall–Kier alpha value is -1.60. The minimum Gasteiger partial charge on any atom is -0.307 e. The lowest BCUT2D eigenvalue weighted by Gasteiger charge is -2.28. The largest absolute Gasteiger partial charge is 0.307 e. The van der Waals surface area contributed by atoms with E-state index in [1.54, 1.807) is 0 Å². The molecule has 3 rings (SSSR count). The van der Waals surface area contributed by atoms with Gasteiger partial charge in [0, 0.05) is 12.1 Å². The summed E-state index contributed by atoms with van der Waals surface area (Å²) in [5, 5.41) is 3.80. The van der Waals surface area contributed by atoms with Crippen molar-refractivity contribution in [3.8, 4) is 0 Å². The molecule has 20 heavy (non-hydrogen) atoms. The molecule has 2 aromatic carbocycles. The van der Waals surface area contributed by atoms with Gasteiger partial charge in [-0.15, -0.1) is 0 Å². The second-order valence-electron chi connectivity index (χ2n) is 6.01. The van der Waals surface area contributed by atoms with Gasteiger partial charge >= 0.3 is 0 Å². The first-order chi connectivity index (χ1) is 9.72. The molecule has 0 aliphatic heterocycles. The van der Waals surface area contributed by atoms with Crippen molar-refractivity contribution in [2.45, 2.75) is 45.2 Å². The Kier molecular flexibility index (Phi) is 3.88. The van der Waals surface area contributed by atoms with E-state index in [9.17, 15) is 0 Å². The summed E-state index contributed by atoms with van der Waals surface area (Å²) in [6.07, 6.45) is 3.61. The van der Waals surface area contributed by atoms with E-state index in [1.165, 1.54) is 35.1 Å². The van der Waals surface area contributed by atoms with E-state index in [-0.39, 0.29) is 0 Å². The number of hydrogen-bond donors (Lipinski definition) is 1. The van der Waals surface area contributed by atoms with E-state index in [4.69, 9.17) is 0 Å². The zero-order valence-electron chi connectivity index (χ0n) is 12.4. The maximum atomic E-state index is 3.80. The first kappa shape index (κ1) is 13.4. The van der Waals surface area contributed by atoms with Crippen LogP contribution >= 0.6 is 0 Å². The maximum absolute atomic E-state index is 3.80. The maximum Gasteiger partial charge on any atom is 0.0294 e. The number of hydrogen-bond acceptors (Lipinski definition) is 1. The lowest BCUT2D eigenvalue weighted by atomic mass is 9.88. The molecule has 0 bridgehead atoms. The third-order valence-corrected chi connectivity index (χ3v) is 4.37. The molecule has 0 amide bonds. The van der Waals surface area contributed by atoms with E-state index in [0.717, 1.165) is 6.42 Å². The predicted molar refractivity (Wildman–Crippen MR) is 85.0 cm³/mol. The third-order valence-electron chi connectivity index (χ3n) is 4.37. The van der Waals surface area contributed by atoms with Crippen LogP contribution in [0.3, 0.4) is 0 Å². The Morgan fingerprint density at radius 3 is 2.65 bits per heavy atom. The van der Waals surface area contributed by atoms with E-state index in [0.29, 0.717) is 12.1 Å². The molecule has 1 N–H and O–H groups in total. The molecular formula is C19H23N. The SMILES string of the molecule is Cc1cccc([C@H](C)NC2CCc3ccccc3C2)c1. The number of aryl methyl sites for hydroxylation is 2. The molecule has 0 heterocycles. The minimum atomic E-state index is 0.421. The van der Waals surface area contributed by atoms with Crippen LogP contribution in [-0.2, 0) is 12.8 Å². The molecule has 0 saturated heterocycles. The zero-order chi connectivity index (χ0) is 13.9. The van der Waals surface area contributed by atoms with E-state index < -0.39 is 0 Å². The fourth-order valence-corrected chi connectivity index (χ4v) is 3.23. The summed E-state index contributed by atoms with van der Waals surface area (Å²) in [5.41, 5.74) is 5.79. The van der Waals surface area contributed by atoms with Gasteiger partial charge in [0.1, 0.15) is 0 Å². The lowest BCUT2D eigenvalue weighted by Crippen LogP contribution is -2.36. The molecule has 1 unspecified atom stereocenters. The average Bonchev–Trinajstić information content (AvgIpc) is 2.47. The fraction of sp³-hybridized carbons (Fsp3) is 0.368. The van der Waals surface area contributed by atoms with Crippen molar-refractivity contribution < 1.29 is 0 Å². The molecule has 0 spiro atoms. The summed E-state index contributed by atoms with van der Waals surface area (Å²) in [5.74, 6) is 0. The van der Waals surface area contributed by atoms with Crippen LogP contribution in [0.25, 0.3) is 0 Å². The molecule has 104 valence electrons. The highest BCUT2D eigenvalue weighted by Crippen LogP contribution is 2.23. The van der Waals surface area contributed by atoms with Crippen LogP contribution in [0, 0.1) is 6.92 Å². The Morgan fingerprint density at radius 2 is 1.85 bits per heavy atom. The number of nitrogens with one attached hydrogen (secondary N) is 1. The van der Waals surface area contributed by atoms with Crippen LogP contribution in [0.1, 0.15) is 41.6 Å². The molecule has 0 fully saturated rings. The van der Waals surface area contributed by atoms with Crippen molar-refractivity contribution in [2.24, 2.45) is 0 Å². The Balaban J connectivity index is 1.67. The van der Waals surface area contributed by atoms with Gasteiger partial charge in [0.2, 0.25) is 0 Å². The van der Waals surface area contributed by atoms with Crippen LogP contribution in [0.5, 0.6) is 0 Å². The highest BCUT2D eigenvalue weighted by Gasteiger charge is 2.19. The third kappa shape index (κ3) is 2.94. The molecule has 0 aromatic heterocycles. The van der Waals surface area contributed by atoms with Crippen LogP contribution < -0.4 is 5.32 Å². The van der Waals surface area contributed by atoms with Gasteiger partial charge in [-0.2, -0.15) is 0 Å². The average molecular weight is 265 g/mol. The van der Waals surface area contributed by atoms with Crippen LogP contribution in [0.2, 0.25) is 0 Å². The lowest BCUT2D eigenvalue weighted by molar-refractivity contribution is 0.413. The van der Waals surface area contributed by atoms with E-state index in [1.807, 2.05) is 0 Å². The highest BCUT2D eigenvalue weighted by atomic mass is 14.9. The first-order valence-electron chi connectivity index (χ1n) is 7.62. The van der Waals surface area contributed by atoms with Gasteiger partial charge in [-0.05, 0) is 49.8 Å². The van der Waals surface area contributed by atoms with Crippen molar-refractivity contribution in [3.63, 3.8) is 0 Å². The van der Waals surface area contributed by atoms with Crippen molar-refractivity contribution in [1.29, 1.82) is 0 Å². The van der Waals surface area contributed by atoms with Gasteiger partial charge in [0.25, 0.3) is 0 Å². The standard InChI is InChI=1S/C19H23N/c1-14-6-5-9-17(12-14)15(2)20-19-11-10-16-7-3-4-8-18(16)13-19/h3-9,12,15,19-20H,10-11,13H2,1-2H3/t15-,19?/m0/s1. The Morgan fingerprint density at radius 1 is 1.05 bits per heavy atom. The van der Waals surface area contributed by atoms with Gasteiger partial charge in [0.15, 0.2) is 0 Å². The second-order valence-corrected chi connectivity index (χ2v) is 6.01. The van der Waals surface area contributed by atoms with Crippen molar-refractivity contribution in [2.75, 3.05) is 0 Å². The summed E-state index contributed by atoms with van der Waals surface area (Å²) in [6, 6.07) is 18.7. The van der Waals surface area contributed by atoms with Crippen molar-refractivity contribution in [1.82, 2.24) is 5.32 Å².